The lowest BCUT2D eigenvalue weighted by molar-refractivity contribution is -0.137. The SMILES string of the molecule is O=C(NCCCCN1CCN(c2cccc(C(F)(F)F)c2)CC1)N1CCCC1. The van der Waals surface area contributed by atoms with E-state index in [0.29, 0.717) is 12.2 Å². The van der Waals surface area contributed by atoms with Crippen LogP contribution in [0.4, 0.5) is 23.7 Å². The van der Waals surface area contributed by atoms with E-state index in [-0.39, 0.29) is 6.03 Å². The molecule has 2 fully saturated rings. The second-order valence-electron chi connectivity index (χ2n) is 7.51. The lowest BCUT2D eigenvalue weighted by atomic mass is 10.1. The molecule has 2 aliphatic rings. The summed E-state index contributed by atoms with van der Waals surface area (Å²) in [7, 11) is 0. The summed E-state index contributed by atoms with van der Waals surface area (Å²) in [5.74, 6) is 0. The van der Waals surface area contributed by atoms with Gasteiger partial charge in [-0.3, -0.25) is 4.90 Å². The molecule has 1 N–H and O–H groups in total. The van der Waals surface area contributed by atoms with Gasteiger partial charge in [-0.05, 0) is 50.4 Å². The molecule has 0 unspecified atom stereocenters. The Bertz CT molecular complexity index is 639. The normalized spacial score (nSPS) is 18.5. The Morgan fingerprint density at radius 1 is 1.00 bits per heavy atom. The Kier molecular flexibility index (Phi) is 7.04. The Morgan fingerprint density at radius 3 is 2.39 bits per heavy atom. The molecule has 0 aliphatic carbocycles. The van der Waals surface area contributed by atoms with Crippen molar-refractivity contribution in [2.45, 2.75) is 31.9 Å². The largest absolute Gasteiger partial charge is 0.416 e. The Labute approximate surface area is 164 Å². The van der Waals surface area contributed by atoms with Crippen LogP contribution in [0.15, 0.2) is 24.3 Å². The van der Waals surface area contributed by atoms with Crippen molar-refractivity contribution in [1.29, 1.82) is 0 Å². The van der Waals surface area contributed by atoms with E-state index in [2.05, 4.69) is 10.2 Å². The minimum absolute atomic E-state index is 0.0483. The Balaban J connectivity index is 1.33. The minimum Gasteiger partial charge on any atom is -0.369 e. The molecule has 0 spiro atoms. The van der Waals surface area contributed by atoms with Crippen LogP contribution in [-0.2, 0) is 6.18 Å². The van der Waals surface area contributed by atoms with E-state index in [0.717, 1.165) is 77.6 Å². The van der Waals surface area contributed by atoms with Crippen LogP contribution in [0.5, 0.6) is 0 Å². The molecule has 5 nitrogen and oxygen atoms in total. The fourth-order valence-corrected chi connectivity index (χ4v) is 3.80. The molecule has 2 amide bonds. The summed E-state index contributed by atoms with van der Waals surface area (Å²) in [6, 6.07) is 5.61. The second-order valence-corrected chi connectivity index (χ2v) is 7.51. The van der Waals surface area contributed by atoms with Crippen LogP contribution in [0, 0.1) is 0 Å². The Hall–Kier alpha value is -1.96. The number of hydrogen-bond donors (Lipinski definition) is 1. The third-order valence-electron chi connectivity index (χ3n) is 5.48. The first-order chi connectivity index (χ1) is 13.4. The predicted octanol–water partition coefficient (Wildman–Crippen LogP) is 3.41. The summed E-state index contributed by atoms with van der Waals surface area (Å²) in [5.41, 5.74) is 0.0440. The maximum Gasteiger partial charge on any atom is 0.416 e. The first kappa shape index (κ1) is 20.8. The molecule has 1 aromatic rings. The number of urea groups is 1. The topological polar surface area (TPSA) is 38.8 Å². The van der Waals surface area contributed by atoms with Gasteiger partial charge in [0.05, 0.1) is 5.56 Å². The predicted molar refractivity (Wildman–Crippen MR) is 104 cm³/mol. The van der Waals surface area contributed by atoms with Crippen LogP contribution >= 0.6 is 0 Å². The molecule has 1 aromatic carbocycles. The van der Waals surface area contributed by atoms with Crippen molar-refractivity contribution in [1.82, 2.24) is 15.1 Å². The van der Waals surface area contributed by atoms with E-state index in [4.69, 9.17) is 0 Å². The highest BCUT2D eigenvalue weighted by molar-refractivity contribution is 5.74. The molecular formula is C20H29F3N4O. The van der Waals surface area contributed by atoms with Gasteiger partial charge in [0.2, 0.25) is 0 Å². The van der Waals surface area contributed by atoms with Gasteiger partial charge in [-0.1, -0.05) is 6.07 Å². The number of carbonyl (C=O) groups is 1. The van der Waals surface area contributed by atoms with Crippen LogP contribution in [-0.4, -0.2) is 68.2 Å². The standard InChI is InChI=1S/C20H29F3N4O/c21-20(22,23)17-6-5-7-18(16-17)26-14-12-25(13-15-26)9-2-1-8-24-19(28)27-10-3-4-11-27/h5-7,16H,1-4,8-15H2,(H,24,28). The summed E-state index contributed by atoms with van der Waals surface area (Å²) in [6.07, 6.45) is -0.168. The molecule has 0 saturated carbocycles. The molecule has 0 atom stereocenters. The Morgan fingerprint density at radius 2 is 1.71 bits per heavy atom. The fraction of sp³-hybridized carbons (Fsp3) is 0.650. The number of nitrogens with zero attached hydrogens (tertiary/aromatic N) is 3. The summed E-state index contributed by atoms with van der Waals surface area (Å²) in [4.78, 5) is 18.1. The smallest absolute Gasteiger partial charge is 0.369 e. The molecule has 2 saturated heterocycles. The van der Waals surface area contributed by atoms with Crippen LogP contribution < -0.4 is 10.2 Å². The number of benzene rings is 1. The average molecular weight is 398 g/mol. The zero-order valence-corrected chi connectivity index (χ0v) is 16.2. The maximum absolute atomic E-state index is 12.9. The molecular weight excluding hydrogens is 369 g/mol. The number of likely N-dealkylation sites (tertiary alicyclic amines) is 1. The van der Waals surface area contributed by atoms with Crippen LogP contribution in [0.25, 0.3) is 0 Å². The lowest BCUT2D eigenvalue weighted by Crippen LogP contribution is -2.46. The molecule has 2 heterocycles. The molecule has 0 radical (unpaired) electrons. The average Bonchev–Trinajstić information content (AvgIpc) is 3.22. The van der Waals surface area contributed by atoms with Crippen molar-refractivity contribution in [3.8, 4) is 0 Å². The third-order valence-corrected chi connectivity index (χ3v) is 5.48. The summed E-state index contributed by atoms with van der Waals surface area (Å²) in [6.45, 7) is 6.52. The molecule has 0 bridgehead atoms. The number of hydrogen-bond acceptors (Lipinski definition) is 3. The van der Waals surface area contributed by atoms with Crippen LogP contribution in [0.3, 0.4) is 0 Å². The van der Waals surface area contributed by atoms with Crippen LogP contribution in [0.2, 0.25) is 0 Å². The van der Waals surface area contributed by atoms with E-state index < -0.39 is 11.7 Å². The number of rotatable bonds is 6. The van der Waals surface area contributed by atoms with E-state index in [1.807, 2.05) is 9.80 Å². The van der Waals surface area contributed by atoms with E-state index in [9.17, 15) is 18.0 Å². The van der Waals surface area contributed by atoms with Crippen molar-refractivity contribution >= 4 is 11.7 Å². The first-order valence-electron chi connectivity index (χ1n) is 10.1. The quantitative estimate of drug-likeness (QED) is 0.747. The zero-order valence-electron chi connectivity index (χ0n) is 16.2. The number of anilines is 1. The number of carbonyl (C=O) groups excluding carboxylic acids is 1. The highest BCUT2D eigenvalue weighted by atomic mass is 19.4. The van der Waals surface area contributed by atoms with Crippen molar-refractivity contribution < 1.29 is 18.0 Å². The summed E-state index contributed by atoms with van der Waals surface area (Å²) >= 11 is 0. The third kappa shape index (κ3) is 5.77. The van der Waals surface area contributed by atoms with Gasteiger partial charge in [0.15, 0.2) is 0 Å². The van der Waals surface area contributed by atoms with Gasteiger partial charge in [-0.15, -0.1) is 0 Å². The molecule has 2 aliphatic heterocycles. The monoisotopic (exact) mass is 398 g/mol. The number of nitrogens with one attached hydrogen (secondary N) is 1. The van der Waals surface area contributed by atoms with Gasteiger partial charge in [-0.2, -0.15) is 13.2 Å². The number of unbranched alkanes of at least 4 members (excludes halogenated alkanes) is 1. The minimum atomic E-state index is -4.30. The van der Waals surface area contributed by atoms with Gasteiger partial charge < -0.3 is 15.1 Å². The van der Waals surface area contributed by atoms with Crippen LogP contribution in [0.1, 0.15) is 31.2 Å². The summed E-state index contributed by atoms with van der Waals surface area (Å²) < 4.78 is 38.6. The van der Waals surface area contributed by atoms with E-state index in [1.165, 1.54) is 12.1 Å². The van der Waals surface area contributed by atoms with Gasteiger partial charge in [-0.25, -0.2) is 4.79 Å². The first-order valence-corrected chi connectivity index (χ1v) is 10.1. The number of halogens is 3. The molecule has 8 heteroatoms. The van der Waals surface area contributed by atoms with Crippen molar-refractivity contribution in [2.24, 2.45) is 0 Å². The van der Waals surface area contributed by atoms with Gasteiger partial charge in [0, 0.05) is 51.5 Å². The molecule has 28 heavy (non-hydrogen) atoms. The van der Waals surface area contributed by atoms with Gasteiger partial charge >= 0.3 is 12.2 Å². The number of alkyl halides is 3. The highest BCUT2D eigenvalue weighted by Crippen LogP contribution is 2.31. The molecule has 156 valence electrons. The molecule has 0 aromatic heterocycles. The number of piperazine rings is 1. The van der Waals surface area contributed by atoms with E-state index in [1.54, 1.807) is 6.07 Å². The highest BCUT2D eigenvalue weighted by Gasteiger charge is 2.31. The number of amides is 2. The van der Waals surface area contributed by atoms with Gasteiger partial charge in [0.25, 0.3) is 0 Å². The zero-order chi connectivity index (χ0) is 20.0. The fourth-order valence-electron chi connectivity index (χ4n) is 3.80. The van der Waals surface area contributed by atoms with E-state index >= 15 is 0 Å². The van der Waals surface area contributed by atoms with Crippen molar-refractivity contribution in [3.63, 3.8) is 0 Å². The lowest BCUT2D eigenvalue weighted by Gasteiger charge is -2.36. The summed E-state index contributed by atoms with van der Waals surface area (Å²) in [5, 5.41) is 2.98. The van der Waals surface area contributed by atoms with Crippen molar-refractivity contribution in [2.75, 3.05) is 57.3 Å². The van der Waals surface area contributed by atoms with Gasteiger partial charge in [0.1, 0.15) is 0 Å². The maximum atomic E-state index is 12.9. The molecule has 3 rings (SSSR count). The second kappa shape index (κ2) is 9.49. The van der Waals surface area contributed by atoms with Crippen molar-refractivity contribution in [3.05, 3.63) is 29.8 Å².